The van der Waals surface area contributed by atoms with Crippen molar-refractivity contribution in [2.24, 2.45) is 5.92 Å². The largest absolute Gasteiger partial charge is 0.466 e. The van der Waals surface area contributed by atoms with E-state index < -0.39 is 8.32 Å². The van der Waals surface area contributed by atoms with Crippen molar-refractivity contribution in [2.45, 2.75) is 65.3 Å². The molecule has 2 aromatic rings. The summed E-state index contributed by atoms with van der Waals surface area (Å²) in [6.07, 6.45) is 0.265. The number of hydrogen-bond acceptors (Lipinski definition) is 5. The number of nitrogens with one attached hydrogen (secondary N) is 2. The van der Waals surface area contributed by atoms with Crippen LogP contribution in [0.15, 0.2) is 48.5 Å². The van der Waals surface area contributed by atoms with Gasteiger partial charge >= 0.3 is 5.97 Å². The SMILES string of the molecule is CCOC(=O)Cc1ccc(NCC(C)CNCC(O[Si](C)(C)C(C)(C)C)c2cccc(Cl)c2)cc1. The maximum atomic E-state index is 11.6. The molecule has 0 aromatic heterocycles. The molecule has 0 bridgehead atoms. The van der Waals surface area contributed by atoms with Crippen LogP contribution in [0.3, 0.4) is 0 Å². The predicted molar refractivity (Wildman–Crippen MR) is 150 cm³/mol. The summed E-state index contributed by atoms with van der Waals surface area (Å²) in [5.41, 5.74) is 3.11. The second-order valence-electron chi connectivity index (χ2n) is 10.7. The van der Waals surface area contributed by atoms with Gasteiger partial charge in [0.2, 0.25) is 0 Å². The van der Waals surface area contributed by atoms with E-state index in [1.54, 1.807) is 0 Å². The van der Waals surface area contributed by atoms with Gasteiger partial charge in [-0.1, -0.05) is 63.6 Å². The van der Waals surface area contributed by atoms with Crippen LogP contribution in [0.25, 0.3) is 0 Å². The molecule has 2 unspecified atom stereocenters. The van der Waals surface area contributed by atoms with Crippen molar-refractivity contribution in [3.05, 3.63) is 64.7 Å². The van der Waals surface area contributed by atoms with Crippen LogP contribution in [-0.4, -0.2) is 40.5 Å². The summed E-state index contributed by atoms with van der Waals surface area (Å²) in [6.45, 7) is 18.3. The summed E-state index contributed by atoms with van der Waals surface area (Å²) < 4.78 is 11.8. The summed E-state index contributed by atoms with van der Waals surface area (Å²) in [5.74, 6) is 0.226. The number of esters is 1. The standard InChI is InChI=1S/C28H43ClN2O3Si/c1-8-33-27(32)16-22-12-14-25(15-13-22)31-19-21(2)18-30-20-26(23-10-9-11-24(29)17-23)34-35(6,7)28(3,4)5/h9-15,17,21,26,30-31H,8,16,18-20H2,1-7H3. The molecule has 0 saturated carbocycles. The first-order valence-corrected chi connectivity index (χ1v) is 15.8. The van der Waals surface area contributed by atoms with E-state index in [0.29, 0.717) is 18.9 Å². The van der Waals surface area contributed by atoms with Gasteiger partial charge in [0.05, 0.1) is 19.1 Å². The Kier molecular flexibility index (Phi) is 11.3. The molecule has 0 spiro atoms. The Hall–Kier alpha value is -1.86. The predicted octanol–water partition coefficient (Wildman–Crippen LogP) is 6.85. The molecular weight excluding hydrogens is 476 g/mol. The molecule has 194 valence electrons. The third-order valence-electron chi connectivity index (χ3n) is 6.55. The minimum atomic E-state index is -1.95. The normalized spacial score (nSPS) is 13.8. The molecule has 2 rings (SSSR count). The second kappa shape index (κ2) is 13.4. The minimum Gasteiger partial charge on any atom is -0.466 e. The van der Waals surface area contributed by atoms with Gasteiger partial charge in [0.1, 0.15) is 0 Å². The van der Waals surface area contributed by atoms with Crippen molar-refractivity contribution < 1.29 is 14.0 Å². The van der Waals surface area contributed by atoms with Gasteiger partial charge in [0.15, 0.2) is 8.32 Å². The summed E-state index contributed by atoms with van der Waals surface area (Å²) in [4.78, 5) is 11.6. The molecule has 2 atom stereocenters. The molecule has 0 saturated heterocycles. The van der Waals surface area contributed by atoms with Gasteiger partial charge in [-0.05, 0) is 72.9 Å². The van der Waals surface area contributed by atoms with Gasteiger partial charge in [-0.25, -0.2) is 0 Å². The summed E-state index contributed by atoms with van der Waals surface area (Å²) >= 11 is 6.29. The summed E-state index contributed by atoms with van der Waals surface area (Å²) in [5, 5.41) is 7.97. The van der Waals surface area contributed by atoms with Crippen LogP contribution in [0.5, 0.6) is 0 Å². The molecule has 0 aliphatic heterocycles. The van der Waals surface area contributed by atoms with Gasteiger partial charge in [-0.3, -0.25) is 4.79 Å². The Morgan fingerprint density at radius 1 is 1.06 bits per heavy atom. The van der Waals surface area contributed by atoms with Crippen LogP contribution in [0.2, 0.25) is 23.2 Å². The van der Waals surface area contributed by atoms with Crippen LogP contribution >= 0.6 is 11.6 Å². The Balaban J connectivity index is 1.88. The van der Waals surface area contributed by atoms with Gasteiger partial charge in [0, 0.05) is 23.8 Å². The van der Waals surface area contributed by atoms with Gasteiger partial charge in [-0.15, -0.1) is 0 Å². The van der Waals surface area contributed by atoms with Crippen molar-refractivity contribution in [3.8, 4) is 0 Å². The van der Waals surface area contributed by atoms with Crippen molar-refractivity contribution in [1.29, 1.82) is 0 Å². The van der Waals surface area contributed by atoms with Crippen LogP contribution in [0.1, 0.15) is 51.8 Å². The molecule has 35 heavy (non-hydrogen) atoms. The molecule has 7 heteroatoms. The second-order valence-corrected chi connectivity index (χ2v) is 15.9. The Labute approximate surface area is 218 Å². The fourth-order valence-corrected chi connectivity index (χ4v) is 4.89. The fourth-order valence-electron chi connectivity index (χ4n) is 3.41. The number of anilines is 1. The molecule has 0 amide bonds. The van der Waals surface area contributed by atoms with Gasteiger partial charge < -0.3 is 19.8 Å². The van der Waals surface area contributed by atoms with E-state index in [0.717, 1.165) is 41.5 Å². The molecule has 5 nitrogen and oxygen atoms in total. The first-order chi connectivity index (χ1) is 16.4. The minimum absolute atomic E-state index is 0.0401. The number of benzene rings is 2. The average Bonchev–Trinajstić information content (AvgIpc) is 2.77. The molecule has 0 radical (unpaired) electrons. The lowest BCUT2D eigenvalue weighted by atomic mass is 10.1. The lowest BCUT2D eigenvalue weighted by Crippen LogP contribution is -2.44. The molecule has 0 aliphatic carbocycles. The first kappa shape index (κ1) is 29.4. The van der Waals surface area contributed by atoms with Crippen molar-refractivity contribution in [2.75, 3.05) is 31.6 Å². The summed E-state index contributed by atoms with van der Waals surface area (Å²) in [6, 6.07) is 16.0. The molecular formula is C28H43ClN2O3Si. The summed E-state index contributed by atoms with van der Waals surface area (Å²) in [7, 11) is -1.95. The van der Waals surface area contributed by atoms with E-state index in [4.69, 9.17) is 20.8 Å². The van der Waals surface area contributed by atoms with Crippen LogP contribution in [-0.2, 0) is 20.4 Å². The highest BCUT2D eigenvalue weighted by molar-refractivity contribution is 6.74. The Bertz CT molecular complexity index is 929. The maximum Gasteiger partial charge on any atom is 0.310 e. The first-order valence-electron chi connectivity index (χ1n) is 12.5. The van der Waals surface area contributed by atoms with Crippen molar-refractivity contribution in [3.63, 3.8) is 0 Å². The number of carbonyl (C=O) groups excluding carboxylic acids is 1. The number of carbonyl (C=O) groups is 1. The van der Waals surface area contributed by atoms with Crippen LogP contribution in [0, 0.1) is 5.92 Å². The lowest BCUT2D eigenvalue weighted by molar-refractivity contribution is -0.142. The third-order valence-corrected chi connectivity index (χ3v) is 11.3. The maximum absolute atomic E-state index is 11.6. The van der Waals surface area contributed by atoms with E-state index in [-0.39, 0.29) is 17.1 Å². The molecule has 0 heterocycles. The third kappa shape index (κ3) is 9.96. The number of ether oxygens (including phenoxy) is 1. The molecule has 2 aromatic carbocycles. The van der Waals surface area contributed by atoms with Crippen molar-refractivity contribution >= 4 is 31.6 Å². The van der Waals surface area contributed by atoms with Gasteiger partial charge in [-0.2, -0.15) is 0 Å². The highest BCUT2D eigenvalue weighted by Crippen LogP contribution is 2.39. The van der Waals surface area contributed by atoms with Crippen molar-refractivity contribution in [1.82, 2.24) is 5.32 Å². The van der Waals surface area contributed by atoms with Crippen LogP contribution in [0.4, 0.5) is 5.69 Å². The Morgan fingerprint density at radius 2 is 1.74 bits per heavy atom. The monoisotopic (exact) mass is 518 g/mol. The molecule has 0 fully saturated rings. The number of halogens is 1. The zero-order valence-electron chi connectivity index (χ0n) is 22.4. The highest BCUT2D eigenvalue weighted by Gasteiger charge is 2.39. The Morgan fingerprint density at radius 3 is 2.34 bits per heavy atom. The van der Waals surface area contributed by atoms with E-state index >= 15 is 0 Å². The van der Waals surface area contributed by atoms with E-state index in [1.807, 2.05) is 49.4 Å². The van der Waals surface area contributed by atoms with E-state index in [2.05, 4.69) is 57.5 Å². The highest BCUT2D eigenvalue weighted by atomic mass is 35.5. The fraction of sp³-hybridized carbons (Fsp3) is 0.536. The van der Waals surface area contributed by atoms with E-state index in [1.165, 1.54) is 0 Å². The number of hydrogen-bond donors (Lipinski definition) is 2. The molecule has 2 N–H and O–H groups in total. The number of rotatable bonds is 13. The quantitative estimate of drug-likeness (QED) is 0.224. The molecule has 0 aliphatic rings. The smallest absolute Gasteiger partial charge is 0.310 e. The average molecular weight is 519 g/mol. The topological polar surface area (TPSA) is 59.6 Å². The zero-order chi connectivity index (χ0) is 26.1. The lowest BCUT2D eigenvalue weighted by Gasteiger charge is -2.39. The zero-order valence-corrected chi connectivity index (χ0v) is 24.2. The van der Waals surface area contributed by atoms with E-state index in [9.17, 15) is 4.79 Å². The van der Waals surface area contributed by atoms with Gasteiger partial charge in [0.25, 0.3) is 0 Å². The van der Waals surface area contributed by atoms with Crippen LogP contribution < -0.4 is 10.6 Å².